The first-order valence-corrected chi connectivity index (χ1v) is 7.01. The number of esters is 1. The van der Waals surface area contributed by atoms with E-state index in [4.69, 9.17) is 4.74 Å². The first kappa shape index (κ1) is 15.0. The summed E-state index contributed by atoms with van der Waals surface area (Å²) in [5.74, 6) is -0.308. The van der Waals surface area contributed by atoms with Crippen LogP contribution in [0.1, 0.15) is 31.9 Å². The van der Waals surface area contributed by atoms with E-state index in [-0.39, 0.29) is 5.97 Å². The molecular formula is C19H20O2. The van der Waals surface area contributed by atoms with Crippen molar-refractivity contribution in [2.75, 3.05) is 0 Å². The van der Waals surface area contributed by atoms with Crippen molar-refractivity contribution in [1.82, 2.24) is 0 Å². The van der Waals surface area contributed by atoms with Gasteiger partial charge in [0.2, 0.25) is 0 Å². The molecule has 2 heteroatoms. The van der Waals surface area contributed by atoms with E-state index in [9.17, 15) is 4.79 Å². The Hall–Kier alpha value is -2.35. The fraction of sp³-hybridized carbons (Fsp3) is 0.211. The molecule has 108 valence electrons. The van der Waals surface area contributed by atoms with Crippen LogP contribution in [0.2, 0.25) is 0 Å². The zero-order valence-corrected chi connectivity index (χ0v) is 12.7. The van der Waals surface area contributed by atoms with Crippen LogP contribution < -0.4 is 0 Å². The van der Waals surface area contributed by atoms with Crippen molar-refractivity contribution < 1.29 is 9.53 Å². The minimum Gasteiger partial charge on any atom is -0.456 e. The number of benzene rings is 2. The minimum absolute atomic E-state index is 0.308. The minimum atomic E-state index is -0.512. The van der Waals surface area contributed by atoms with E-state index >= 15 is 0 Å². The summed E-state index contributed by atoms with van der Waals surface area (Å²) in [6.45, 7) is 5.61. The predicted molar refractivity (Wildman–Crippen MR) is 86.6 cm³/mol. The molecule has 0 unspecified atom stereocenters. The van der Waals surface area contributed by atoms with Crippen LogP contribution >= 0.6 is 0 Å². The van der Waals surface area contributed by atoms with Crippen LogP contribution in [0.15, 0.2) is 60.7 Å². The summed E-state index contributed by atoms with van der Waals surface area (Å²) in [5, 5.41) is 0. The van der Waals surface area contributed by atoms with E-state index < -0.39 is 5.60 Å². The fourth-order valence-electron chi connectivity index (χ4n) is 1.93. The first-order chi connectivity index (χ1) is 9.96. The van der Waals surface area contributed by atoms with Gasteiger partial charge in [-0.3, -0.25) is 0 Å². The second-order valence-corrected chi connectivity index (χ2v) is 5.84. The maximum atomic E-state index is 12.5. The molecule has 2 nitrogen and oxygen atoms in total. The average molecular weight is 280 g/mol. The molecule has 0 saturated carbocycles. The molecule has 0 bridgehead atoms. The zero-order valence-electron chi connectivity index (χ0n) is 12.7. The van der Waals surface area contributed by atoms with Gasteiger partial charge in [-0.2, -0.15) is 0 Å². The summed E-state index contributed by atoms with van der Waals surface area (Å²) in [4.78, 5) is 12.5. The number of carbonyl (C=O) groups excluding carboxylic acids is 1. The Morgan fingerprint density at radius 2 is 1.43 bits per heavy atom. The average Bonchev–Trinajstić information content (AvgIpc) is 2.45. The lowest BCUT2D eigenvalue weighted by molar-refractivity contribution is -0.147. The van der Waals surface area contributed by atoms with Crippen LogP contribution in [-0.2, 0) is 9.53 Å². The Balaban J connectivity index is 2.41. The van der Waals surface area contributed by atoms with Crippen LogP contribution in [0.5, 0.6) is 0 Å². The molecule has 0 aliphatic rings. The molecule has 0 aliphatic carbocycles. The normalized spacial score (nSPS) is 12.0. The van der Waals surface area contributed by atoms with Crippen LogP contribution in [0.3, 0.4) is 0 Å². The van der Waals surface area contributed by atoms with E-state index in [0.29, 0.717) is 5.57 Å². The van der Waals surface area contributed by atoms with E-state index in [0.717, 1.165) is 11.1 Å². The lowest BCUT2D eigenvalue weighted by Gasteiger charge is -2.20. The number of hydrogen-bond acceptors (Lipinski definition) is 2. The summed E-state index contributed by atoms with van der Waals surface area (Å²) in [5.41, 5.74) is 1.89. The number of hydrogen-bond donors (Lipinski definition) is 0. The highest BCUT2D eigenvalue weighted by atomic mass is 16.6. The van der Waals surface area contributed by atoms with E-state index in [2.05, 4.69) is 0 Å². The Labute approximate surface area is 126 Å². The Morgan fingerprint density at radius 3 is 1.95 bits per heavy atom. The molecule has 0 fully saturated rings. The van der Waals surface area contributed by atoms with Crippen LogP contribution in [-0.4, -0.2) is 11.6 Å². The van der Waals surface area contributed by atoms with Gasteiger partial charge in [-0.15, -0.1) is 0 Å². The molecule has 0 amide bonds. The van der Waals surface area contributed by atoms with Gasteiger partial charge >= 0.3 is 5.97 Å². The molecule has 2 rings (SSSR count). The summed E-state index contributed by atoms with van der Waals surface area (Å²) in [6.07, 6.45) is 1.86. The summed E-state index contributed by atoms with van der Waals surface area (Å²) < 4.78 is 5.52. The van der Waals surface area contributed by atoms with E-state index in [1.165, 1.54) is 0 Å². The molecule has 0 spiro atoms. The van der Waals surface area contributed by atoms with E-state index in [1.54, 1.807) is 0 Å². The van der Waals surface area contributed by atoms with Crippen molar-refractivity contribution >= 4 is 17.6 Å². The Bertz CT molecular complexity index is 620. The monoisotopic (exact) mass is 280 g/mol. The largest absolute Gasteiger partial charge is 0.456 e. The summed E-state index contributed by atoms with van der Waals surface area (Å²) >= 11 is 0. The second-order valence-electron chi connectivity index (χ2n) is 5.84. The van der Waals surface area contributed by atoms with Gasteiger partial charge in [0.15, 0.2) is 0 Å². The van der Waals surface area contributed by atoms with Crippen LogP contribution in [0.4, 0.5) is 0 Å². The molecule has 0 N–H and O–H groups in total. The van der Waals surface area contributed by atoms with Crippen molar-refractivity contribution in [1.29, 1.82) is 0 Å². The highest BCUT2D eigenvalue weighted by molar-refractivity contribution is 6.21. The number of rotatable bonds is 3. The fourth-order valence-corrected chi connectivity index (χ4v) is 1.93. The third kappa shape index (κ3) is 4.60. The van der Waals surface area contributed by atoms with Crippen molar-refractivity contribution in [3.8, 4) is 0 Å². The van der Waals surface area contributed by atoms with Gasteiger partial charge in [0.1, 0.15) is 5.60 Å². The molecule has 0 aliphatic heterocycles. The standard InChI is InChI=1S/C19H20O2/c1-19(2,3)21-18(20)17(16-12-8-5-9-13-16)14-15-10-6-4-7-11-15/h4-14H,1-3H3. The van der Waals surface area contributed by atoms with Crippen molar-refractivity contribution in [2.45, 2.75) is 26.4 Å². The second kappa shape index (κ2) is 6.40. The quantitative estimate of drug-likeness (QED) is 0.468. The molecule has 0 saturated heterocycles. The third-order valence-corrected chi connectivity index (χ3v) is 2.81. The Morgan fingerprint density at radius 1 is 0.905 bits per heavy atom. The lowest BCUT2D eigenvalue weighted by Crippen LogP contribution is -2.24. The lowest BCUT2D eigenvalue weighted by atomic mass is 10.0. The maximum Gasteiger partial charge on any atom is 0.339 e. The maximum absolute atomic E-state index is 12.5. The highest BCUT2D eigenvalue weighted by Crippen LogP contribution is 2.22. The number of ether oxygens (including phenoxy) is 1. The highest BCUT2D eigenvalue weighted by Gasteiger charge is 2.20. The smallest absolute Gasteiger partial charge is 0.339 e. The Kier molecular flexibility index (Phi) is 4.59. The first-order valence-electron chi connectivity index (χ1n) is 7.01. The molecule has 0 radical (unpaired) electrons. The summed E-state index contributed by atoms with van der Waals surface area (Å²) in [6, 6.07) is 19.4. The zero-order chi connectivity index (χ0) is 15.3. The molecule has 0 heterocycles. The molecule has 0 aromatic heterocycles. The number of carbonyl (C=O) groups is 1. The van der Waals surface area contributed by atoms with Gasteiger partial charge in [0.05, 0.1) is 5.57 Å². The van der Waals surface area contributed by atoms with Gasteiger partial charge in [-0.05, 0) is 38.0 Å². The van der Waals surface area contributed by atoms with Gasteiger partial charge in [0.25, 0.3) is 0 Å². The molecular weight excluding hydrogens is 260 g/mol. The van der Waals surface area contributed by atoms with Crippen molar-refractivity contribution in [2.24, 2.45) is 0 Å². The summed E-state index contributed by atoms with van der Waals surface area (Å²) in [7, 11) is 0. The van der Waals surface area contributed by atoms with Crippen molar-refractivity contribution in [3.05, 3.63) is 71.8 Å². The SMILES string of the molecule is CC(C)(C)OC(=O)C(=Cc1ccccc1)c1ccccc1. The van der Waals surface area contributed by atoms with Crippen molar-refractivity contribution in [3.63, 3.8) is 0 Å². The topological polar surface area (TPSA) is 26.3 Å². The predicted octanol–water partition coefficient (Wildman–Crippen LogP) is 4.57. The third-order valence-electron chi connectivity index (χ3n) is 2.81. The molecule has 21 heavy (non-hydrogen) atoms. The van der Waals surface area contributed by atoms with Gasteiger partial charge in [0, 0.05) is 0 Å². The van der Waals surface area contributed by atoms with Gasteiger partial charge in [-0.25, -0.2) is 4.79 Å². The van der Waals surface area contributed by atoms with E-state index in [1.807, 2.05) is 87.5 Å². The molecule has 2 aromatic carbocycles. The van der Waals surface area contributed by atoms with Crippen LogP contribution in [0, 0.1) is 0 Å². The van der Waals surface area contributed by atoms with Crippen LogP contribution in [0.25, 0.3) is 11.6 Å². The van der Waals surface area contributed by atoms with Gasteiger partial charge < -0.3 is 4.74 Å². The molecule has 0 atom stereocenters. The molecule has 2 aromatic rings. The van der Waals surface area contributed by atoms with Gasteiger partial charge in [-0.1, -0.05) is 60.7 Å².